The topological polar surface area (TPSA) is 89.9 Å². The van der Waals surface area contributed by atoms with Crippen LogP contribution < -0.4 is 10.2 Å². The number of carboxylic acids is 1. The van der Waals surface area contributed by atoms with Gasteiger partial charge in [-0.3, -0.25) is 9.59 Å². The van der Waals surface area contributed by atoms with Crippen molar-refractivity contribution in [1.29, 1.82) is 0 Å². The first kappa shape index (κ1) is 23.1. The zero-order chi connectivity index (χ0) is 23.1. The number of nitrogens with one attached hydrogen (secondary N) is 1. The maximum atomic E-state index is 13.4. The van der Waals surface area contributed by atoms with Gasteiger partial charge in [-0.05, 0) is 42.7 Å². The van der Waals surface area contributed by atoms with Crippen LogP contribution in [-0.4, -0.2) is 36.2 Å². The minimum absolute atomic E-state index is 0.114. The summed E-state index contributed by atoms with van der Waals surface area (Å²) < 4.78 is 0. The summed E-state index contributed by atoms with van der Waals surface area (Å²) in [5.41, 5.74) is 2.64. The molecule has 6 nitrogen and oxygen atoms in total. The highest BCUT2D eigenvalue weighted by Gasteiger charge is 2.21. The van der Waals surface area contributed by atoms with Gasteiger partial charge in [0, 0.05) is 42.7 Å². The summed E-state index contributed by atoms with van der Waals surface area (Å²) in [5, 5.41) is 23.5. The summed E-state index contributed by atoms with van der Waals surface area (Å²) in [7, 11) is 3.94. The molecule has 0 aliphatic heterocycles. The number of carbonyl (C=O) groups is 2. The van der Waals surface area contributed by atoms with Crippen LogP contribution in [0.5, 0.6) is 5.75 Å². The monoisotopic (exact) mass is 434 g/mol. The molecule has 0 fully saturated rings. The maximum Gasteiger partial charge on any atom is 0.303 e. The predicted octanol–water partition coefficient (Wildman–Crippen LogP) is 5.37. The number of aromatic hydroxyl groups is 1. The van der Waals surface area contributed by atoms with Gasteiger partial charge in [0.2, 0.25) is 5.91 Å². The minimum atomic E-state index is -0.794. The Morgan fingerprint density at radius 3 is 2.28 bits per heavy atom. The number of phenols is 1. The molecule has 0 spiro atoms. The van der Waals surface area contributed by atoms with Gasteiger partial charge in [0.25, 0.3) is 0 Å². The zero-order valence-corrected chi connectivity index (χ0v) is 18.5. The van der Waals surface area contributed by atoms with Gasteiger partial charge >= 0.3 is 5.97 Å². The van der Waals surface area contributed by atoms with Crippen molar-refractivity contribution >= 4 is 34.0 Å². The van der Waals surface area contributed by atoms with E-state index in [0.29, 0.717) is 23.9 Å². The summed E-state index contributed by atoms with van der Waals surface area (Å²) in [4.78, 5) is 26.1. The molecule has 0 bridgehead atoms. The van der Waals surface area contributed by atoms with Crippen LogP contribution in [0.25, 0.3) is 10.8 Å². The van der Waals surface area contributed by atoms with E-state index in [1.54, 1.807) is 12.1 Å². The number of phenolic OH excluding ortho intramolecular Hbond substituents is 1. The van der Waals surface area contributed by atoms with Crippen molar-refractivity contribution < 1.29 is 19.8 Å². The van der Waals surface area contributed by atoms with Crippen LogP contribution >= 0.6 is 0 Å². The van der Waals surface area contributed by atoms with E-state index in [2.05, 4.69) is 5.32 Å². The molecule has 0 aromatic heterocycles. The standard InChI is InChI=1S/C26H30N2O4/c1-28(2)19-16-14-18(15-17-19)20(8-4-3-5-13-25(30)31)26(32)27-23-11-6-10-22-21(23)9-7-12-24(22)29/h6-7,9-12,14-17,20,29H,3-5,8,13H2,1-2H3,(H,27,32)(H,30,31)/t20-/m0/s1. The minimum Gasteiger partial charge on any atom is -0.507 e. The van der Waals surface area contributed by atoms with Gasteiger partial charge in [0.05, 0.1) is 5.92 Å². The SMILES string of the molecule is CN(C)c1ccc([C@H](CCCCCC(=O)O)C(=O)Nc2cccc3c(O)cccc23)cc1. The average Bonchev–Trinajstić information content (AvgIpc) is 2.77. The Kier molecular flexibility index (Phi) is 7.71. The van der Waals surface area contributed by atoms with Crippen molar-refractivity contribution in [2.45, 2.75) is 38.0 Å². The van der Waals surface area contributed by atoms with Gasteiger partial charge in [-0.15, -0.1) is 0 Å². The molecule has 168 valence electrons. The third-order valence-electron chi connectivity index (χ3n) is 5.67. The molecule has 0 saturated heterocycles. The van der Waals surface area contributed by atoms with Gasteiger partial charge in [0.1, 0.15) is 5.75 Å². The lowest BCUT2D eigenvalue weighted by atomic mass is 9.91. The van der Waals surface area contributed by atoms with E-state index in [-0.39, 0.29) is 24.0 Å². The summed E-state index contributed by atoms with van der Waals surface area (Å²) in [5.74, 6) is -1.09. The quantitative estimate of drug-likeness (QED) is 0.373. The Labute approximate surface area is 188 Å². The molecule has 3 aromatic carbocycles. The average molecular weight is 435 g/mol. The van der Waals surface area contributed by atoms with Crippen LogP contribution in [0.2, 0.25) is 0 Å². The molecule has 3 N–H and O–H groups in total. The molecule has 3 rings (SSSR count). The molecular weight excluding hydrogens is 404 g/mol. The number of nitrogens with zero attached hydrogens (tertiary/aromatic N) is 1. The summed E-state index contributed by atoms with van der Waals surface area (Å²) in [6, 6.07) is 18.7. The molecule has 6 heteroatoms. The third kappa shape index (κ3) is 5.78. The number of hydrogen-bond acceptors (Lipinski definition) is 4. The Balaban J connectivity index is 1.81. The summed E-state index contributed by atoms with van der Waals surface area (Å²) in [6.07, 6.45) is 2.90. The maximum absolute atomic E-state index is 13.4. The molecule has 1 amide bonds. The number of benzene rings is 3. The summed E-state index contributed by atoms with van der Waals surface area (Å²) >= 11 is 0. The number of amides is 1. The first-order chi connectivity index (χ1) is 15.4. The third-order valence-corrected chi connectivity index (χ3v) is 5.67. The molecule has 0 saturated carbocycles. The van der Waals surface area contributed by atoms with E-state index in [9.17, 15) is 14.7 Å². The molecule has 0 unspecified atom stereocenters. The van der Waals surface area contributed by atoms with Crippen molar-refractivity contribution in [3.05, 3.63) is 66.2 Å². The fourth-order valence-electron chi connectivity index (χ4n) is 3.88. The lowest BCUT2D eigenvalue weighted by molar-refractivity contribution is -0.137. The second kappa shape index (κ2) is 10.7. The molecule has 0 heterocycles. The van der Waals surface area contributed by atoms with E-state index in [0.717, 1.165) is 29.5 Å². The highest BCUT2D eigenvalue weighted by Crippen LogP contribution is 2.32. The Hall–Kier alpha value is -3.54. The van der Waals surface area contributed by atoms with Gasteiger partial charge in [-0.25, -0.2) is 0 Å². The molecule has 32 heavy (non-hydrogen) atoms. The van der Waals surface area contributed by atoms with Crippen molar-refractivity contribution in [2.75, 3.05) is 24.3 Å². The van der Waals surface area contributed by atoms with Gasteiger partial charge in [-0.2, -0.15) is 0 Å². The largest absolute Gasteiger partial charge is 0.507 e. The lowest BCUT2D eigenvalue weighted by Crippen LogP contribution is -2.21. The number of anilines is 2. The normalized spacial score (nSPS) is 11.8. The highest BCUT2D eigenvalue weighted by atomic mass is 16.4. The van der Waals surface area contributed by atoms with Crippen LogP contribution in [0.15, 0.2) is 60.7 Å². The Morgan fingerprint density at radius 2 is 1.59 bits per heavy atom. The van der Waals surface area contributed by atoms with Crippen molar-refractivity contribution in [3.8, 4) is 5.75 Å². The van der Waals surface area contributed by atoms with Crippen LogP contribution in [0, 0.1) is 0 Å². The van der Waals surface area contributed by atoms with Crippen LogP contribution in [0.3, 0.4) is 0 Å². The molecular formula is C26H30N2O4. The van der Waals surface area contributed by atoms with E-state index in [1.165, 1.54) is 0 Å². The van der Waals surface area contributed by atoms with E-state index < -0.39 is 5.97 Å². The number of hydrogen-bond donors (Lipinski definition) is 3. The predicted molar refractivity (Wildman–Crippen MR) is 128 cm³/mol. The van der Waals surface area contributed by atoms with Crippen LogP contribution in [0.4, 0.5) is 11.4 Å². The van der Waals surface area contributed by atoms with Gasteiger partial charge < -0.3 is 20.4 Å². The van der Waals surface area contributed by atoms with E-state index in [1.807, 2.05) is 67.5 Å². The van der Waals surface area contributed by atoms with Gasteiger partial charge in [0.15, 0.2) is 0 Å². The second-order valence-electron chi connectivity index (χ2n) is 8.20. The summed E-state index contributed by atoms with van der Waals surface area (Å²) in [6.45, 7) is 0. The van der Waals surface area contributed by atoms with Gasteiger partial charge in [-0.1, -0.05) is 49.2 Å². The molecule has 0 aliphatic rings. The zero-order valence-electron chi connectivity index (χ0n) is 18.5. The van der Waals surface area contributed by atoms with E-state index >= 15 is 0 Å². The van der Waals surface area contributed by atoms with Crippen LogP contribution in [0.1, 0.15) is 43.6 Å². The molecule has 3 aromatic rings. The number of carboxylic acid groups (broad SMARTS) is 1. The molecule has 1 atom stereocenters. The fourth-order valence-corrected chi connectivity index (χ4v) is 3.88. The number of aliphatic carboxylic acids is 1. The van der Waals surface area contributed by atoms with Crippen molar-refractivity contribution in [3.63, 3.8) is 0 Å². The molecule has 0 aliphatic carbocycles. The number of rotatable bonds is 10. The lowest BCUT2D eigenvalue weighted by Gasteiger charge is -2.20. The smallest absolute Gasteiger partial charge is 0.303 e. The van der Waals surface area contributed by atoms with E-state index in [4.69, 9.17) is 5.11 Å². The first-order valence-corrected chi connectivity index (χ1v) is 10.9. The second-order valence-corrected chi connectivity index (χ2v) is 8.20. The molecule has 0 radical (unpaired) electrons. The highest BCUT2D eigenvalue weighted by molar-refractivity contribution is 6.05. The number of fused-ring (bicyclic) bond motifs is 1. The van der Waals surface area contributed by atoms with Crippen molar-refractivity contribution in [2.24, 2.45) is 0 Å². The van der Waals surface area contributed by atoms with Crippen molar-refractivity contribution in [1.82, 2.24) is 0 Å². The number of unbranched alkanes of at least 4 members (excludes halogenated alkanes) is 2. The Bertz CT molecular complexity index is 1080. The van der Waals surface area contributed by atoms with Crippen LogP contribution in [-0.2, 0) is 9.59 Å². The number of carbonyl (C=O) groups excluding carboxylic acids is 1. The first-order valence-electron chi connectivity index (χ1n) is 10.9. The fraction of sp³-hybridized carbons (Fsp3) is 0.308. The Morgan fingerprint density at radius 1 is 0.906 bits per heavy atom.